The molecule has 1 saturated heterocycles. The van der Waals surface area contributed by atoms with Gasteiger partial charge in [0.25, 0.3) is 0 Å². The molecule has 0 saturated carbocycles. The molecule has 0 bridgehead atoms. The molecule has 0 aliphatic carbocycles. The second-order valence-electron chi connectivity index (χ2n) is 8.20. The van der Waals surface area contributed by atoms with Gasteiger partial charge in [-0.15, -0.1) is 0 Å². The van der Waals surface area contributed by atoms with Crippen LogP contribution in [0.4, 0.5) is 5.69 Å². The average Bonchev–Trinajstić information content (AvgIpc) is 2.69. The maximum Gasteiger partial charge on any atom is 0.227 e. The van der Waals surface area contributed by atoms with Crippen LogP contribution in [0.5, 0.6) is 0 Å². The second kappa shape index (κ2) is 7.45. The molecule has 0 aromatic heterocycles. The number of likely N-dealkylation sites (tertiary alicyclic amines) is 1. The van der Waals surface area contributed by atoms with Crippen molar-refractivity contribution in [2.45, 2.75) is 58.3 Å². The lowest BCUT2D eigenvalue weighted by atomic mass is 9.87. The number of nitrogens with zero attached hydrogens (tertiary/aromatic N) is 2. The van der Waals surface area contributed by atoms with Crippen molar-refractivity contribution in [3.8, 4) is 0 Å². The number of hydrogen-bond acceptors (Lipinski definition) is 3. The van der Waals surface area contributed by atoms with Crippen LogP contribution in [0, 0.1) is 5.92 Å². The summed E-state index contributed by atoms with van der Waals surface area (Å²) in [5, 5.41) is 0. The summed E-state index contributed by atoms with van der Waals surface area (Å²) in [6, 6.07) is 4.06. The van der Waals surface area contributed by atoms with Crippen molar-refractivity contribution < 1.29 is 14.4 Å². The van der Waals surface area contributed by atoms with Crippen molar-refractivity contribution in [1.29, 1.82) is 0 Å². The van der Waals surface area contributed by atoms with Gasteiger partial charge in [0.05, 0.1) is 5.69 Å². The molecule has 3 heterocycles. The largest absolute Gasteiger partial charge is 0.343 e. The van der Waals surface area contributed by atoms with Crippen molar-refractivity contribution in [3.63, 3.8) is 0 Å². The summed E-state index contributed by atoms with van der Waals surface area (Å²) in [6.45, 7) is 4.08. The molecule has 2 amide bonds. The molecule has 4 rings (SSSR count). The first-order valence-electron chi connectivity index (χ1n) is 10.3. The summed E-state index contributed by atoms with van der Waals surface area (Å²) in [5.41, 5.74) is 4.25. The Balaban J connectivity index is 1.41. The number of hydrogen-bond donors (Lipinski definition) is 0. The Bertz CT molecular complexity index is 761. The van der Waals surface area contributed by atoms with Gasteiger partial charge in [-0.25, -0.2) is 0 Å². The highest BCUT2D eigenvalue weighted by Crippen LogP contribution is 2.37. The topological polar surface area (TPSA) is 57.7 Å². The van der Waals surface area contributed by atoms with Crippen molar-refractivity contribution in [3.05, 3.63) is 28.8 Å². The van der Waals surface area contributed by atoms with Gasteiger partial charge in [0.1, 0.15) is 0 Å². The number of rotatable bonds is 4. The molecule has 0 atom stereocenters. The molecule has 0 N–H and O–H groups in total. The number of anilines is 1. The zero-order valence-electron chi connectivity index (χ0n) is 16.1. The third-order valence-electron chi connectivity index (χ3n) is 6.44. The zero-order chi connectivity index (χ0) is 19.0. The van der Waals surface area contributed by atoms with Gasteiger partial charge >= 0.3 is 0 Å². The minimum Gasteiger partial charge on any atom is -0.343 e. The van der Waals surface area contributed by atoms with Crippen LogP contribution >= 0.6 is 0 Å². The molecule has 3 aliphatic rings. The van der Waals surface area contributed by atoms with Gasteiger partial charge in [-0.3, -0.25) is 14.4 Å². The third kappa shape index (κ3) is 3.64. The predicted octanol–water partition coefficient (Wildman–Crippen LogP) is 3.13. The van der Waals surface area contributed by atoms with Gasteiger partial charge in [0.2, 0.25) is 11.8 Å². The third-order valence-corrected chi connectivity index (χ3v) is 6.44. The second-order valence-corrected chi connectivity index (χ2v) is 8.20. The monoisotopic (exact) mass is 368 g/mol. The molecule has 144 valence electrons. The predicted molar refractivity (Wildman–Crippen MR) is 104 cm³/mol. The number of benzene rings is 1. The molecule has 1 fully saturated rings. The average molecular weight is 368 g/mol. The molecule has 1 aromatic carbocycles. The maximum absolute atomic E-state index is 12.8. The number of Topliss-reactive ketones (excluding diaryl/α,β-unsaturated/α-hetero) is 1. The standard InChI is InChI=1S/C22H28N2O3/c1-15(25)23-11-8-16(9-12-23)4-6-20(26)19-13-17-3-2-10-24-21(27)7-5-18(14-19)22(17)24/h13-14,16H,2-12H2,1H3. The maximum atomic E-state index is 12.8. The smallest absolute Gasteiger partial charge is 0.227 e. The normalized spacial score (nSPS) is 19.8. The van der Waals surface area contributed by atoms with Crippen LogP contribution in [0.15, 0.2) is 12.1 Å². The van der Waals surface area contributed by atoms with E-state index in [0.717, 1.165) is 69.4 Å². The van der Waals surface area contributed by atoms with Crippen LogP contribution in [0.25, 0.3) is 0 Å². The number of carbonyl (C=O) groups excluding carboxylic acids is 3. The van der Waals surface area contributed by atoms with E-state index in [9.17, 15) is 14.4 Å². The Hall–Kier alpha value is -2.17. The fourth-order valence-electron chi connectivity index (χ4n) is 4.83. The SMILES string of the molecule is CC(=O)N1CCC(CCC(=O)c2cc3c4c(c2)CCC(=O)N4CCC3)CC1. The van der Waals surface area contributed by atoms with Gasteiger partial charge in [0.15, 0.2) is 5.78 Å². The summed E-state index contributed by atoms with van der Waals surface area (Å²) >= 11 is 0. The Morgan fingerprint density at radius 3 is 2.44 bits per heavy atom. The van der Waals surface area contributed by atoms with E-state index < -0.39 is 0 Å². The van der Waals surface area contributed by atoms with Crippen molar-refractivity contribution >= 4 is 23.3 Å². The van der Waals surface area contributed by atoms with Crippen LogP contribution in [-0.2, 0) is 22.4 Å². The molecule has 27 heavy (non-hydrogen) atoms. The first-order valence-corrected chi connectivity index (χ1v) is 10.3. The lowest BCUT2D eigenvalue weighted by Gasteiger charge is -2.35. The Kier molecular flexibility index (Phi) is 5.02. The molecular weight excluding hydrogens is 340 g/mol. The van der Waals surface area contributed by atoms with Gasteiger partial charge in [-0.1, -0.05) is 0 Å². The highest BCUT2D eigenvalue weighted by Gasteiger charge is 2.30. The fourth-order valence-corrected chi connectivity index (χ4v) is 4.83. The molecule has 0 unspecified atom stereocenters. The van der Waals surface area contributed by atoms with E-state index >= 15 is 0 Å². The first-order chi connectivity index (χ1) is 13.0. The highest BCUT2D eigenvalue weighted by atomic mass is 16.2. The van der Waals surface area contributed by atoms with Gasteiger partial charge in [-0.05, 0) is 67.7 Å². The van der Waals surface area contributed by atoms with E-state index in [4.69, 9.17) is 0 Å². The van der Waals surface area contributed by atoms with Gasteiger partial charge in [-0.2, -0.15) is 0 Å². The summed E-state index contributed by atoms with van der Waals surface area (Å²) in [7, 11) is 0. The Morgan fingerprint density at radius 1 is 1.04 bits per heavy atom. The van der Waals surface area contributed by atoms with E-state index in [1.54, 1.807) is 6.92 Å². The fraction of sp³-hybridized carbons (Fsp3) is 0.591. The van der Waals surface area contributed by atoms with E-state index in [1.807, 2.05) is 21.9 Å². The summed E-state index contributed by atoms with van der Waals surface area (Å²) in [5.74, 6) is 1.13. The minimum absolute atomic E-state index is 0.153. The quantitative estimate of drug-likeness (QED) is 0.767. The first kappa shape index (κ1) is 18.2. The van der Waals surface area contributed by atoms with Crippen LogP contribution in [-0.4, -0.2) is 42.1 Å². The van der Waals surface area contributed by atoms with E-state index in [2.05, 4.69) is 0 Å². The van der Waals surface area contributed by atoms with E-state index in [0.29, 0.717) is 18.8 Å². The van der Waals surface area contributed by atoms with Crippen molar-refractivity contribution in [2.75, 3.05) is 24.5 Å². The molecule has 1 aromatic rings. The van der Waals surface area contributed by atoms with Crippen LogP contribution in [0.1, 0.15) is 66.9 Å². The Labute approximate surface area is 160 Å². The summed E-state index contributed by atoms with van der Waals surface area (Å²) in [6.07, 6.45) is 6.72. The van der Waals surface area contributed by atoms with Crippen LogP contribution < -0.4 is 4.90 Å². The number of piperidine rings is 1. The lowest BCUT2D eigenvalue weighted by molar-refractivity contribution is -0.130. The van der Waals surface area contributed by atoms with Crippen molar-refractivity contribution in [1.82, 2.24) is 4.90 Å². The number of ketones is 1. The Morgan fingerprint density at radius 2 is 1.74 bits per heavy atom. The van der Waals surface area contributed by atoms with Crippen molar-refractivity contribution in [2.24, 2.45) is 5.92 Å². The van der Waals surface area contributed by atoms with Crippen LogP contribution in [0.2, 0.25) is 0 Å². The van der Waals surface area contributed by atoms with Crippen LogP contribution in [0.3, 0.4) is 0 Å². The number of amides is 2. The number of carbonyl (C=O) groups is 3. The zero-order valence-corrected chi connectivity index (χ0v) is 16.1. The lowest BCUT2D eigenvalue weighted by Crippen LogP contribution is -2.39. The van der Waals surface area contributed by atoms with Gasteiger partial charge in [0, 0.05) is 45.0 Å². The molecule has 0 radical (unpaired) electrons. The van der Waals surface area contributed by atoms with Gasteiger partial charge < -0.3 is 9.80 Å². The molecule has 3 aliphatic heterocycles. The molecule has 5 heteroatoms. The van der Waals surface area contributed by atoms with E-state index in [1.165, 1.54) is 11.1 Å². The molecule has 0 spiro atoms. The molecular formula is C22H28N2O3. The molecule has 5 nitrogen and oxygen atoms in total. The minimum atomic E-state index is 0.153. The summed E-state index contributed by atoms with van der Waals surface area (Å²) < 4.78 is 0. The number of aryl methyl sites for hydroxylation is 2. The summed E-state index contributed by atoms with van der Waals surface area (Å²) in [4.78, 5) is 40.3. The van der Waals surface area contributed by atoms with E-state index in [-0.39, 0.29) is 17.6 Å². The highest BCUT2D eigenvalue weighted by molar-refractivity contribution is 6.01.